The van der Waals surface area contributed by atoms with E-state index in [0.717, 1.165) is 12.8 Å². The number of rotatable bonds is 6. The number of Topliss-reactive ketones (excluding diaryl/α,β-unsaturated/α-hetero) is 1. The van der Waals surface area contributed by atoms with E-state index in [1.54, 1.807) is 17.0 Å². The van der Waals surface area contributed by atoms with Gasteiger partial charge in [-0.25, -0.2) is 9.97 Å². The predicted octanol–water partition coefficient (Wildman–Crippen LogP) is 2.38. The molecule has 7 nitrogen and oxygen atoms in total. The summed E-state index contributed by atoms with van der Waals surface area (Å²) in [7, 11) is 0. The van der Waals surface area contributed by atoms with Crippen LogP contribution in [-0.2, 0) is 4.79 Å². The lowest BCUT2D eigenvalue weighted by Gasteiger charge is -2.32. The number of aromatic nitrogens is 2. The van der Waals surface area contributed by atoms with Crippen LogP contribution in [0.3, 0.4) is 0 Å². The van der Waals surface area contributed by atoms with Gasteiger partial charge in [0.15, 0.2) is 5.78 Å². The predicted molar refractivity (Wildman–Crippen MR) is 97.0 cm³/mol. The molecule has 0 aliphatic carbocycles. The summed E-state index contributed by atoms with van der Waals surface area (Å²) in [4.78, 5) is 34.4. The second kappa shape index (κ2) is 8.90. The van der Waals surface area contributed by atoms with Gasteiger partial charge in [-0.3, -0.25) is 9.59 Å². The van der Waals surface area contributed by atoms with Crippen LogP contribution in [0.15, 0.2) is 42.7 Å². The number of ether oxygens (including phenoxy) is 1. The van der Waals surface area contributed by atoms with Gasteiger partial charge in [0.1, 0.15) is 12.2 Å². The highest BCUT2D eigenvalue weighted by Gasteiger charge is 2.26. The topological polar surface area (TPSA) is 96.2 Å². The molecule has 1 aromatic heterocycles. The van der Waals surface area contributed by atoms with Gasteiger partial charge >= 0.3 is 0 Å². The highest BCUT2D eigenvalue weighted by atomic mass is 16.5. The Hall–Kier alpha value is -3.27. The van der Waals surface area contributed by atoms with E-state index in [1.165, 1.54) is 12.4 Å². The number of carbonyl (C=O) groups is 2. The average molecular weight is 364 g/mol. The molecular weight excluding hydrogens is 344 g/mol. The fourth-order valence-electron chi connectivity index (χ4n) is 3.05. The van der Waals surface area contributed by atoms with Crippen molar-refractivity contribution in [3.8, 4) is 11.9 Å². The zero-order valence-corrected chi connectivity index (χ0v) is 14.9. The highest BCUT2D eigenvalue weighted by Crippen LogP contribution is 2.19. The molecule has 2 heterocycles. The summed E-state index contributed by atoms with van der Waals surface area (Å²) in [5.41, 5.74) is 0.756. The highest BCUT2D eigenvalue weighted by molar-refractivity contribution is 5.97. The second-order valence-electron chi connectivity index (χ2n) is 6.33. The smallest absolute Gasteiger partial charge is 0.251 e. The lowest BCUT2D eigenvalue weighted by molar-refractivity contribution is -0.133. The maximum atomic E-state index is 12.5. The molecule has 7 heteroatoms. The van der Waals surface area contributed by atoms with Crippen molar-refractivity contribution in [3.05, 3.63) is 54.0 Å². The maximum absolute atomic E-state index is 12.5. The Morgan fingerprint density at radius 1 is 1.19 bits per heavy atom. The molecule has 1 unspecified atom stereocenters. The van der Waals surface area contributed by atoms with Crippen LogP contribution in [0.25, 0.3) is 0 Å². The number of amides is 1. The number of benzene rings is 1. The fraction of sp³-hybridized carbons (Fsp3) is 0.350. The van der Waals surface area contributed by atoms with Crippen molar-refractivity contribution in [1.82, 2.24) is 14.9 Å². The molecule has 0 radical (unpaired) electrons. The fourth-order valence-corrected chi connectivity index (χ4v) is 3.05. The minimum absolute atomic E-state index is 0.0352. The first kappa shape index (κ1) is 18.5. The molecule has 1 aromatic carbocycles. The van der Waals surface area contributed by atoms with Crippen molar-refractivity contribution < 1.29 is 14.3 Å². The number of likely N-dealkylation sites (tertiary alicyclic amines) is 1. The first-order valence-electron chi connectivity index (χ1n) is 8.91. The van der Waals surface area contributed by atoms with E-state index in [-0.39, 0.29) is 42.2 Å². The van der Waals surface area contributed by atoms with Crippen LogP contribution in [0.1, 0.15) is 41.7 Å². The summed E-state index contributed by atoms with van der Waals surface area (Å²) in [6, 6.07) is 10.9. The quantitative estimate of drug-likeness (QED) is 0.730. The molecule has 138 valence electrons. The Bertz CT molecular complexity index is 848. The first-order valence-corrected chi connectivity index (χ1v) is 8.91. The van der Waals surface area contributed by atoms with E-state index in [2.05, 4.69) is 9.97 Å². The van der Waals surface area contributed by atoms with Crippen LogP contribution in [0, 0.1) is 11.3 Å². The Kier molecular flexibility index (Phi) is 6.10. The summed E-state index contributed by atoms with van der Waals surface area (Å²) in [6.07, 6.45) is 4.60. The standard InChI is InChI=1S/C20H20N4O3/c21-13-17-20(23-11-10-22-17)27-16-7-4-12-24(14-16)19(26)9-8-18(25)15-5-2-1-3-6-15/h1-3,5-6,10-11,16H,4,7-9,12,14H2. The molecule has 2 aromatic rings. The van der Waals surface area contributed by atoms with Crippen LogP contribution >= 0.6 is 0 Å². The van der Waals surface area contributed by atoms with Crippen LogP contribution in [0.2, 0.25) is 0 Å². The van der Waals surface area contributed by atoms with Gasteiger partial charge in [0.05, 0.1) is 6.54 Å². The van der Waals surface area contributed by atoms with Crippen molar-refractivity contribution in [2.75, 3.05) is 13.1 Å². The molecule has 27 heavy (non-hydrogen) atoms. The molecule has 1 aliphatic rings. The normalized spacial score (nSPS) is 16.4. The van der Waals surface area contributed by atoms with Crippen LogP contribution in [0.5, 0.6) is 5.88 Å². The summed E-state index contributed by atoms with van der Waals surface area (Å²) >= 11 is 0. The largest absolute Gasteiger partial charge is 0.470 e. The maximum Gasteiger partial charge on any atom is 0.251 e. The molecule has 0 spiro atoms. The molecule has 1 aliphatic heterocycles. The Morgan fingerprint density at radius 2 is 1.96 bits per heavy atom. The third kappa shape index (κ3) is 4.88. The van der Waals surface area contributed by atoms with E-state index in [9.17, 15) is 9.59 Å². The Balaban J connectivity index is 1.53. The molecule has 0 N–H and O–H groups in total. The molecule has 1 fully saturated rings. The lowest BCUT2D eigenvalue weighted by Crippen LogP contribution is -2.44. The molecule has 1 atom stereocenters. The van der Waals surface area contributed by atoms with Gasteiger partial charge < -0.3 is 9.64 Å². The van der Waals surface area contributed by atoms with Crippen LogP contribution < -0.4 is 4.74 Å². The van der Waals surface area contributed by atoms with Gasteiger partial charge in [-0.15, -0.1) is 0 Å². The summed E-state index contributed by atoms with van der Waals surface area (Å²) in [5.74, 6) is 0.0952. The van der Waals surface area contributed by atoms with Crippen molar-refractivity contribution in [2.24, 2.45) is 0 Å². The van der Waals surface area contributed by atoms with Crippen molar-refractivity contribution in [3.63, 3.8) is 0 Å². The molecular formula is C20H20N4O3. The van der Waals surface area contributed by atoms with Gasteiger partial charge in [0.2, 0.25) is 11.6 Å². The number of carbonyl (C=O) groups excluding carboxylic acids is 2. The third-order valence-corrected chi connectivity index (χ3v) is 4.44. The van der Waals surface area contributed by atoms with Crippen LogP contribution in [-0.4, -0.2) is 45.8 Å². The Labute approximate surface area is 157 Å². The summed E-state index contributed by atoms with van der Waals surface area (Å²) in [5, 5.41) is 9.08. The van der Waals surface area contributed by atoms with Gasteiger partial charge in [-0.05, 0) is 12.8 Å². The minimum atomic E-state index is -0.240. The SMILES string of the molecule is N#Cc1nccnc1OC1CCCN(C(=O)CCC(=O)c2ccccc2)C1. The number of nitriles is 1. The summed E-state index contributed by atoms with van der Waals surface area (Å²) in [6.45, 7) is 1.06. The third-order valence-electron chi connectivity index (χ3n) is 4.44. The number of ketones is 1. The Morgan fingerprint density at radius 3 is 2.74 bits per heavy atom. The molecule has 1 saturated heterocycles. The van der Waals surface area contributed by atoms with Gasteiger partial charge in [-0.1, -0.05) is 30.3 Å². The van der Waals surface area contributed by atoms with E-state index in [1.807, 2.05) is 24.3 Å². The van der Waals surface area contributed by atoms with Gasteiger partial charge in [0, 0.05) is 37.3 Å². The first-order chi connectivity index (χ1) is 13.2. The van der Waals surface area contributed by atoms with Gasteiger partial charge in [-0.2, -0.15) is 5.26 Å². The molecule has 0 bridgehead atoms. The lowest BCUT2D eigenvalue weighted by atomic mass is 10.0. The number of hydrogen-bond acceptors (Lipinski definition) is 6. The van der Waals surface area contributed by atoms with Crippen LogP contribution in [0.4, 0.5) is 0 Å². The minimum Gasteiger partial charge on any atom is -0.470 e. The molecule has 0 saturated carbocycles. The van der Waals surface area contributed by atoms with Crippen molar-refractivity contribution in [1.29, 1.82) is 5.26 Å². The van der Waals surface area contributed by atoms with E-state index < -0.39 is 0 Å². The molecule has 3 rings (SSSR count). The number of piperidine rings is 1. The molecule has 1 amide bonds. The van der Waals surface area contributed by atoms with E-state index in [0.29, 0.717) is 18.7 Å². The summed E-state index contributed by atoms with van der Waals surface area (Å²) < 4.78 is 5.80. The van der Waals surface area contributed by atoms with Crippen molar-refractivity contribution >= 4 is 11.7 Å². The van der Waals surface area contributed by atoms with Gasteiger partial charge in [0.25, 0.3) is 5.88 Å². The second-order valence-corrected chi connectivity index (χ2v) is 6.33. The number of hydrogen-bond donors (Lipinski definition) is 0. The van der Waals surface area contributed by atoms with E-state index in [4.69, 9.17) is 10.00 Å². The monoisotopic (exact) mass is 364 g/mol. The van der Waals surface area contributed by atoms with Crippen molar-refractivity contribution in [2.45, 2.75) is 31.8 Å². The average Bonchev–Trinajstić information content (AvgIpc) is 2.73. The van der Waals surface area contributed by atoms with E-state index >= 15 is 0 Å². The zero-order chi connectivity index (χ0) is 19.1. The zero-order valence-electron chi connectivity index (χ0n) is 14.9. The number of nitrogens with zero attached hydrogens (tertiary/aromatic N) is 4.